The molecule has 0 bridgehead atoms. The van der Waals surface area contributed by atoms with Gasteiger partial charge in [0.1, 0.15) is 5.82 Å². The second-order valence-electron chi connectivity index (χ2n) is 6.93. The van der Waals surface area contributed by atoms with Crippen LogP contribution in [0.5, 0.6) is 0 Å². The van der Waals surface area contributed by atoms with E-state index in [9.17, 15) is 13.2 Å². The van der Waals surface area contributed by atoms with E-state index in [-0.39, 0.29) is 31.4 Å². The summed E-state index contributed by atoms with van der Waals surface area (Å²) in [6.07, 6.45) is 3.34. The van der Waals surface area contributed by atoms with Crippen LogP contribution in [0.2, 0.25) is 0 Å². The second-order valence-corrected chi connectivity index (χ2v) is 6.93. The maximum absolute atomic E-state index is 13.3. The van der Waals surface area contributed by atoms with Gasteiger partial charge in [-0.2, -0.15) is 0 Å². The number of aromatic nitrogens is 2. The average Bonchev–Trinajstić information content (AvgIpc) is 2.89. The van der Waals surface area contributed by atoms with Gasteiger partial charge in [0.15, 0.2) is 0 Å². The minimum absolute atomic E-state index is 0. The molecule has 5 rings (SSSR count). The topological polar surface area (TPSA) is 25.8 Å². The van der Waals surface area contributed by atoms with E-state index in [4.69, 9.17) is 0 Å². The molecular weight excluding hydrogens is 614 g/mol. The molecule has 6 heteroatoms. The van der Waals surface area contributed by atoms with Crippen LogP contribution in [0.25, 0.3) is 33.6 Å². The molecule has 2 nitrogen and oxygen atoms in total. The Morgan fingerprint density at radius 2 is 1.38 bits per heavy atom. The van der Waals surface area contributed by atoms with Crippen LogP contribution in [0.3, 0.4) is 0 Å². The van der Waals surface area contributed by atoms with Crippen molar-refractivity contribution < 1.29 is 33.3 Å². The van der Waals surface area contributed by atoms with Gasteiger partial charge in [0.25, 0.3) is 0 Å². The SMILES string of the molecule is Fc1c[c-]c(-c2ccccn2)c(F)c1F.[Ir].[c-]1ccccc1-c1ccc(-c2ccccc2)cn1. The number of nitrogens with zero attached hydrogens (tertiary/aromatic N) is 2. The normalized spacial score (nSPS) is 9.97. The van der Waals surface area contributed by atoms with E-state index in [0.29, 0.717) is 0 Å². The van der Waals surface area contributed by atoms with E-state index in [1.807, 2.05) is 54.7 Å². The van der Waals surface area contributed by atoms with Gasteiger partial charge in [-0.15, -0.1) is 48.0 Å². The summed E-state index contributed by atoms with van der Waals surface area (Å²) in [5.41, 5.74) is 4.35. The van der Waals surface area contributed by atoms with Gasteiger partial charge >= 0.3 is 0 Å². The molecular formula is C28H17F3IrN2-2. The second kappa shape index (κ2) is 12.0. The van der Waals surface area contributed by atoms with Crippen molar-refractivity contribution in [3.8, 4) is 33.6 Å². The van der Waals surface area contributed by atoms with Crippen molar-refractivity contribution in [3.05, 3.63) is 133 Å². The Labute approximate surface area is 209 Å². The molecule has 0 aliphatic carbocycles. The molecule has 5 aromatic rings. The summed E-state index contributed by atoms with van der Waals surface area (Å²) in [5.74, 6) is -4.03. The molecule has 2 aromatic heterocycles. The number of rotatable bonds is 3. The first-order valence-electron chi connectivity index (χ1n) is 10.1. The standard InChI is InChI=1S/C17H12N.C11H5F3N.Ir/c1-3-7-14(8-4-1)16-11-12-17(18-13-16)15-9-5-2-6-10-15;12-8-5-4-7(10(13)11(8)14)9-3-1-2-6-15-9;/h1-9,11-13H;1-3,5-6H;/q2*-1;. The Hall–Kier alpha value is -3.60. The minimum Gasteiger partial charge on any atom is -0.305 e. The Bertz CT molecular complexity index is 1260. The zero-order valence-corrected chi connectivity index (χ0v) is 20.1. The van der Waals surface area contributed by atoms with Gasteiger partial charge in [0.05, 0.1) is 11.6 Å². The maximum Gasteiger partial charge on any atom is 0.111 e. The van der Waals surface area contributed by atoms with Crippen molar-refractivity contribution in [2.24, 2.45) is 0 Å². The van der Waals surface area contributed by atoms with Crippen LogP contribution in [0.4, 0.5) is 13.2 Å². The van der Waals surface area contributed by atoms with Gasteiger partial charge in [-0.25, -0.2) is 4.39 Å². The van der Waals surface area contributed by atoms with E-state index in [1.54, 1.807) is 12.1 Å². The zero-order chi connectivity index (χ0) is 23.0. The van der Waals surface area contributed by atoms with Crippen molar-refractivity contribution in [1.82, 2.24) is 9.97 Å². The minimum atomic E-state index is -1.51. The number of hydrogen-bond donors (Lipinski definition) is 0. The first-order chi connectivity index (χ1) is 16.1. The van der Waals surface area contributed by atoms with Crippen LogP contribution in [0, 0.1) is 29.6 Å². The van der Waals surface area contributed by atoms with Crippen molar-refractivity contribution in [2.75, 3.05) is 0 Å². The van der Waals surface area contributed by atoms with E-state index < -0.39 is 17.5 Å². The van der Waals surface area contributed by atoms with Crippen molar-refractivity contribution in [1.29, 1.82) is 0 Å². The van der Waals surface area contributed by atoms with E-state index in [2.05, 4.69) is 40.3 Å². The molecule has 2 heterocycles. The predicted molar refractivity (Wildman–Crippen MR) is 122 cm³/mol. The van der Waals surface area contributed by atoms with E-state index >= 15 is 0 Å². The van der Waals surface area contributed by atoms with E-state index in [1.165, 1.54) is 17.8 Å². The summed E-state index contributed by atoms with van der Waals surface area (Å²) in [6.45, 7) is 0. The molecule has 0 N–H and O–H groups in total. The zero-order valence-electron chi connectivity index (χ0n) is 17.7. The number of pyridine rings is 2. The third-order valence-electron chi connectivity index (χ3n) is 4.74. The molecule has 1 radical (unpaired) electrons. The van der Waals surface area contributed by atoms with Gasteiger partial charge in [-0.05, 0) is 28.6 Å². The fourth-order valence-corrected chi connectivity index (χ4v) is 3.08. The third kappa shape index (κ3) is 6.04. The van der Waals surface area contributed by atoms with Crippen LogP contribution in [0.15, 0.2) is 103 Å². The van der Waals surface area contributed by atoms with Gasteiger partial charge in [-0.1, -0.05) is 60.2 Å². The molecule has 34 heavy (non-hydrogen) atoms. The average molecular weight is 631 g/mol. The van der Waals surface area contributed by atoms with Crippen LogP contribution >= 0.6 is 0 Å². The molecule has 0 saturated heterocycles. The molecule has 3 aromatic carbocycles. The quantitative estimate of drug-likeness (QED) is 0.156. The fourth-order valence-electron chi connectivity index (χ4n) is 3.08. The summed E-state index contributed by atoms with van der Waals surface area (Å²) in [7, 11) is 0. The molecule has 0 spiro atoms. The van der Waals surface area contributed by atoms with Gasteiger partial charge in [0, 0.05) is 32.5 Å². The van der Waals surface area contributed by atoms with Gasteiger partial charge in [-0.3, -0.25) is 8.78 Å². The number of benzene rings is 3. The van der Waals surface area contributed by atoms with Crippen LogP contribution in [-0.2, 0) is 20.1 Å². The van der Waals surface area contributed by atoms with Crippen molar-refractivity contribution >= 4 is 0 Å². The predicted octanol–water partition coefficient (Wildman–Crippen LogP) is 7.18. The smallest absolute Gasteiger partial charge is 0.111 e. The largest absolute Gasteiger partial charge is 0.305 e. The van der Waals surface area contributed by atoms with Gasteiger partial charge < -0.3 is 9.97 Å². The molecule has 0 fully saturated rings. The third-order valence-corrected chi connectivity index (χ3v) is 4.74. The summed E-state index contributed by atoms with van der Waals surface area (Å²) < 4.78 is 38.7. The van der Waals surface area contributed by atoms with Crippen molar-refractivity contribution in [3.63, 3.8) is 0 Å². The van der Waals surface area contributed by atoms with Gasteiger partial charge in [0.2, 0.25) is 0 Å². The number of hydrogen-bond acceptors (Lipinski definition) is 2. The molecule has 0 saturated carbocycles. The Kier molecular flexibility index (Phi) is 8.86. The van der Waals surface area contributed by atoms with Crippen LogP contribution < -0.4 is 0 Å². The van der Waals surface area contributed by atoms with E-state index in [0.717, 1.165) is 22.9 Å². The first-order valence-corrected chi connectivity index (χ1v) is 10.1. The maximum atomic E-state index is 13.3. The Balaban J connectivity index is 0.000000188. The summed E-state index contributed by atoms with van der Waals surface area (Å²) >= 11 is 0. The number of halogens is 3. The first kappa shape index (κ1) is 25.0. The van der Waals surface area contributed by atoms with Crippen LogP contribution in [-0.4, -0.2) is 9.97 Å². The van der Waals surface area contributed by atoms with Crippen molar-refractivity contribution in [2.45, 2.75) is 0 Å². The summed E-state index contributed by atoms with van der Waals surface area (Å²) in [4.78, 5) is 8.31. The molecule has 0 aliphatic heterocycles. The summed E-state index contributed by atoms with van der Waals surface area (Å²) in [6, 6.07) is 33.3. The summed E-state index contributed by atoms with van der Waals surface area (Å²) in [5, 5.41) is 0. The Morgan fingerprint density at radius 1 is 0.618 bits per heavy atom. The fraction of sp³-hybridized carbons (Fsp3) is 0. The monoisotopic (exact) mass is 631 g/mol. The molecule has 0 unspecified atom stereocenters. The molecule has 0 atom stereocenters. The molecule has 0 aliphatic rings. The molecule has 0 amide bonds. The van der Waals surface area contributed by atoms with Crippen LogP contribution in [0.1, 0.15) is 0 Å². The Morgan fingerprint density at radius 3 is 2.03 bits per heavy atom. The molecule has 171 valence electrons.